The highest BCUT2D eigenvalue weighted by molar-refractivity contribution is 6.00. The van der Waals surface area contributed by atoms with Crippen molar-refractivity contribution in [1.29, 1.82) is 0 Å². The Kier molecular flexibility index (Phi) is 4.11. The van der Waals surface area contributed by atoms with Gasteiger partial charge in [-0.25, -0.2) is 9.48 Å². The number of carbonyl (C=O) groups excluding carboxylic acids is 1. The summed E-state index contributed by atoms with van der Waals surface area (Å²) in [5.74, 6) is -4.53. The van der Waals surface area contributed by atoms with Crippen LogP contribution in [0.4, 0.5) is 19.0 Å². The lowest BCUT2D eigenvalue weighted by Crippen LogP contribution is -2.31. The van der Waals surface area contributed by atoms with E-state index in [4.69, 9.17) is 5.11 Å². The van der Waals surface area contributed by atoms with E-state index in [0.29, 0.717) is 5.56 Å². The van der Waals surface area contributed by atoms with Gasteiger partial charge in [0.25, 0.3) is 0 Å². The Balaban J connectivity index is 2.35. The molecule has 0 saturated heterocycles. The minimum Gasteiger partial charge on any atom is -0.476 e. The number of nitrogens with zero attached hydrogens (tertiary/aromatic N) is 3. The summed E-state index contributed by atoms with van der Waals surface area (Å²) in [5, 5.41) is 17.2. The highest BCUT2D eigenvalue weighted by Gasteiger charge is 2.40. The Morgan fingerprint density at radius 3 is 2.41 bits per heavy atom. The third-order valence-corrected chi connectivity index (χ3v) is 2.60. The van der Waals surface area contributed by atoms with Crippen molar-refractivity contribution in [2.24, 2.45) is 0 Å². The molecule has 2 rings (SSSR count). The summed E-state index contributed by atoms with van der Waals surface area (Å²) in [4.78, 5) is 22.0. The first-order valence-electron chi connectivity index (χ1n) is 5.88. The summed E-state index contributed by atoms with van der Waals surface area (Å²) < 4.78 is 37.8. The third-order valence-electron chi connectivity index (χ3n) is 2.60. The van der Waals surface area contributed by atoms with E-state index < -0.39 is 29.6 Å². The van der Waals surface area contributed by atoms with Crippen LogP contribution < -0.4 is 5.32 Å². The summed E-state index contributed by atoms with van der Waals surface area (Å²) in [6.45, 7) is -0.0470. The number of amides is 1. The second-order valence-corrected chi connectivity index (χ2v) is 4.19. The molecule has 116 valence electrons. The Bertz CT molecular complexity index is 697. The van der Waals surface area contributed by atoms with Crippen LogP contribution in [0, 0.1) is 0 Å². The first kappa shape index (κ1) is 15.5. The standard InChI is InChI=1S/C12H9F3N4O3/c13-12(14,15)11(22)16-9-8(10(20)21)17-18-19(9)6-7-4-2-1-3-5-7/h1-5H,6H2,(H,16,22)(H,20,21). The first-order chi connectivity index (χ1) is 10.3. The van der Waals surface area contributed by atoms with E-state index in [1.807, 2.05) is 0 Å². The normalized spacial score (nSPS) is 11.2. The number of aromatic nitrogens is 3. The number of carboxylic acid groups (broad SMARTS) is 1. The second-order valence-electron chi connectivity index (χ2n) is 4.19. The van der Waals surface area contributed by atoms with Gasteiger partial charge in [0.2, 0.25) is 5.69 Å². The fourth-order valence-corrected chi connectivity index (χ4v) is 1.63. The number of carbonyl (C=O) groups is 2. The molecule has 0 aliphatic carbocycles. The molecule has 0 spiro atoms. The van der Waals surface area contributed by atoms with Gasteiger partial charge < -0.3 is 10.4 Å². The van der Waals surface area contributed by atoms with Crippen molar-refractivity contribution in [3.63, 3.8) is 0 Å². The van der Waals surface area contributed by atoms with Crippen LogP contribution in [-0.4, -0.2) is 38.2 Å². The van der Waals surface area contributed by atoms with E-state index >= 15 is 0 Å². The molecule has 1 heterocycles. The van der Waals surface area contributed by atoms with Gasteiger partial charge >= 0.3 is 18.1 Å². The number of benzene rings is 1. The zero-order valence-corrected chi connectivity index (χ0v) is 10.8. The van der Waals surface area contributed by atoms with E-state index in [-0.39, 0.29) is 6.54 Å². The van der Waals surface area contributed by atoms with Crippen LogP contribution in [-0.2, 0) is 11.3 Å². The molecule has 2 N–H and O–H groups in total. The van der Waals surface area contributed by atoms with E-state index in [9.17, 15) is 22.8 Å². The molecular weight excluding hydrogens is 305 g/mol. The molecule has 10 heteroatoms. The van der Waals surface area contributed by atoms with Crippen molar-refractivity contribution in [2.45, 2.75) is 12.7 Å². The average molecular weight is 314 g/mol. The maximum absolute atomic E-state index is 12.3. The molecule has 1 aromatic heterocycles. The molecule has 0 saturated carbocycles. The number of nitrogens with one attached hydrogen (secondary N) is 1. The van der Waals surface area contributed by atoms with Crippen LogP contribution in [0.3, 0.4) is 0 Å². The van der Waals surface area contributed by atoms with Gasteiger partial charge in [-0.3, -0.25) is 4.79 Å². The van der Waals surface area contributed by atoms with Crippen molar-refractivity contribution in [3.8, 4) is 0 Å². The van der Waals surface area contributed by atoms with Crippen LogP contribution in [0.2, 0.25) is 0 Å². The van der Waals surface area contributed by atoms with Crippen LogP contribution >= 0.6 is 0 Å². The predicted molar refractivity (Wildman–Crippen MR) is 67.2 cm³/mol. The van der Waals surface area contributed by atoms with Crippen LogP contribution in [0.25, 0.3) is 0 Å². The summed E-state index contributed by atoms with van der Waals surface area (Å²) in [7, 11) is 0. The van der Waals surface area contributed by atoms with Gasteiger partial charge in [-0.2, -0.15) is 13.2 Å². The molecule has 1 amide bonds. The lowest BCUT2D eigenvalue weighted by atomic mass is 10.2. The molecule has 0 atom stereocenters. The van der Waals surface area contributed by atoms with Crippen molar-refractivity contribution in [3.05, 3.63) is 41.6 Å². The zero-order valence-electron chi connectivity index (χ0n) is 10.8. The molecule has 2 aromatic rings. The summed E-state index contributed by atoms with van der Waals surface area (Å²) in [6, 6.07) is 8.45. The highest BCUT2D eigenvalue weighted by atomic mass is 19.4. The van der Waals surface area contributed by atoms with Gasteiger partial charge in [-0.1, -0.05) is 35.5 Å². The number of hydrogen-bond acceptors (Lipinski definition) is 4. The Morgan fingerprint density at radius 1 is 1.23 bits per heavy atom. The second kappa shape index (κ2) is 5.84. The lowest BCUT2D eigenvalue weighted by Gasteiger charge is -2.10. The fourth-order valence-electron chi connectivity index (χ4n) is 1.63. The molecule has 22 heavy (non-hydrogen) atoms. The number of alkyl halides is 3. The summed E-state index contributed by atoms with van der Waals surface area (Å²) in [5.41, 5.74) is -0.125. The van der Waals surface area contributed by atoms with E-state index in [0.717, 1.165) is 4.68 Å². The molecule has 0 fully saturated rings. The third kappa shape index (κ3) is 3.40. The van der Waals surface area contributed by atoms with Gasteiger partial charge in [-0.05, 0) is 5.56 Å². The zero-order chi connectivity index (χ0) is 16.3. The quantitative estimate of drug-likeness (QED) is 0.892. The number of hydrogen-bond donors (Lipinski definition) is 2. The molecule has 0 radical (unpaired) electrons. The Labute approximate surface area is 121 Å². The maximum atomic E-state index is 12.3. The van der Waals surface area contributed by atoms with Crippen molar-refractivity contribution in [2.75, 3.05) is 5.32 Å². The molecule has 0 aliphatic rings. The molecule has 0 unspecified atom stereocenters. The largest absolute Gasteiger partial charge is 0.476 e. The fraction of sp³-hybridized carbons (Fsp3) is 0.167. The Morgan fingerprint density at radius 2 is 1.86 bits per heavy atom. The highest BCUT2D eigenvalue weighted by Crippen LogP contribution is 2.20. The van der Waals surface area contributed by atoms with Gasteiger partial charge in [0.05, 0.1) is 6.54 Å². The number of anilines is 1. The number of rotatable bonds is 4. The van der Waals surface area contributed by atoms with Crippen LogP contribution in [0.5, 0.6) is 0 Å². The minimum atomic E-state index is -5.16. The van der Waals surface area contributed by atoms with Gasteiger partial charge in [0, 0.05) is 0 Å². The summed E-state index contributed by atoms with van der Waals surface area (Å²) in [6.07, 6.45) is -5.16. The number of aromatic carboxylic acids is 1. The maximum Gasteiger partial charge on any atom is 0.471 e. The van der Waals surface area contributed by atoms with Gasteiger partial charge in [-0.15, -0.1) is 5.10 Å². The SMILES string of the molecule is O=C(O)c1nnn(Cc2ccccc2)c1NC(=O)C(F)(F)F. The van der Waals surface area contributed by atoms with E-state index in [1.54, 1.807) is 30.3 Å². The smallest absolute Gasteiger partial charge is 0.471 e. The first-order valence-corrected chi connectivity index (χ1v) is 5.88. The molecular formula is C12H9F3N4O3. The average Bonchev–Trinajstić information content (AvgIpc) is 2.82. The van der Waals surface area contributed by atoms with Crippen LogP contribution in [0.15, 0.2) is 30.3 Å². The van der Waals surface area contributed by atoms with Crippen molar-refractivity contribution in [1.82, 2.24) is 15.0 Å². The van der Waals surface area contributed by atoms with Gasteiger partial charge in [0.1, 0.15) is 0 Å². The number of carboxylic acids is 1. The Hall–Kier alpha value is -2.91. The van der Waals surface area contributed by atoms with E-state index in [2.05, 4.69) is 10.3 Å². The summed E-state index contributed by atoms with van der Waals surface area (Å²) >= 11 is 0. The molecule has 0 aliphatic heterocycles. The topological polar surface area (TPSA) is 97.1 Å². The molecule has 0 bridgehead atoms. The van der Waals surface area contributed by atoms with Crippen molar-refractivity contribution >= 4 is 17.7 Å². The molecule has 7 nitrogen and oxygen atoms in total. The minimum absolute atomic E-state index is 0.0470. The lowest BCUT2D eigenvalue weighted by molar-refractivity contribution is -0.167. The van der Waals surface area contributed by atoms with Gasteiger partial charge in [0.15, 0.2) is 5.82 Å². The monoisotopic (exact) mass is 314 g/mol. The van der Waals surface area contributed by atoms with E-state index in [1.165, 1.54) is 5.32 Å². The predicted octanol–water partition coefficient (Wildman–Crippen LogP) is 1.53. The van der Waals surface area contributed by atoms with Crippen LogP contribution in [0.1, 0.15) is 16.1 Å². The van der Waals surface area contributed by atoms with Crippen molar-refractivity contribution < 1.29 is 27.9 Å². The number of halogens is 3. The molecule has 1 aromatic carbocycles.